The number of carbonyl (C=O) groups is 1. The highest BCUT2D eigenvalue weighted by Gasteiger charge is 2.22. The second kappa shape index (κ2) is 6.96. The Morgan fingerprint density at radius 1 is 1.26 bits per heavy atom. The van der Waals surface area contributed by atoms with Crippen molar-refractivity contribution in [1.29, 1.82) is 0 Å². The van der Waals surface area contributed by atoms with Gasteiger partial charge in [-0.15, -0.1) is 0 Å². The van der Waals surface area contributed by atoms with Gasteiger partial charge in [-0.25, -0.2) is 19.7 Å². The molecule has 1 aliphatic rings. The lowest BCUT2D eigenvalue weighted by Gasteiger charge is -2.14. The quantitative estimate of drug-likeness (QED) is 0.548. The Hall–Kier alpha value is -3.00. The largest absolute Gasteiger partial charge is 0.478 e. The van der Waals surface area contributed by atoms with Crippen molar-refractivity contribution in [1.82, 2.24) is 19.9 Å². The summed E-state index contributed by atoms with van der Waals surface area (Å²) in [5, 5.41) is 17.6. The molecule has 1 aromatic carbocycles. The second-order valence-electron chi connectivity index (χ2n) is 7.10. The van der Waals surface area contributed by atoms with Crippen LogP contribution in [-0.2, 0) is 0 Å². The van der Waals surface area contributed by atoms with E-state index < -0.39 is 5.97 Å². The van der Waals surface area contributed by atoms with Crippen LogP contribution in [0, 0.1) is 0 Å². The van der Waals surface area contributed by atoms with Crippen molar-refractivity contribution >= 4 is 39.5 Å². The van der Waals surface area contributed by atoms with Gasteiger partial charge in [-0.2, -0.15) is 0 Å². The van der Waals surface area contributed by atoms with E-state index in [1.165, 1.54) is 0 Å². The molecule has 1 saturated carbocycles. The molecule has 0 aliphatic heterocycles. The molecule has 8 nitrogen and oxygen atoms in total. The van der Waals surface area contributed by atoms with Crippen molar-refractivity contribution in [3.63, 3.8) is 0 Å². The monoisotopic (exact) mass is 366 g/mol. The van der Waals surface area contributed by atoms with Crippen molar-refractivity contribution in [2.45, 2.75) is 18.9 Å². The second-order valence-corrected chi connectivity index (χ2v) is 7.10. The fourth-order valence-corrected chi connectivity index (χ4v) is 2.92. The molecule has 2 aromatic heterocycles. The molecule has 0 unspecified atom stereocenters. The standard InChI is InChI=1S/C19H22N6O2/c1-25(2)8-7-20-17-16-14(10-21-19(24-16)22-12-4-5-12)13-6-3-11(18(26)27)9-15(13)23-17/h3,6,9-10,12H,4-5,7-8H2,1-2H3,(H,20,23)(H,26,27)(H,21,22,24). The first-order valence-corrected chi connectivity index (χ1v) is 9.00. The molecule has 8 heteroatoms. The van der Waals surface area contributed by atoms with E-state index in [1.807, 2.05) is 14.1 Å². The van der Waals surface area contributed by atoms with E-state index in [4.69, 9.17) is 0 Å². The van der Waals surface area contributed by atoms with Gasteiger partial charge < -0.3 is 20.6 Å². The van der Waals surface area contributed by atoms with Gasteiger partial charge >= 0.3 is 5.97 Å². The van der Waals surface area contributed by atoms with Crippen molar-refractivity contribution in [2.24, 2.45) is 0 Å². The molecule has 0 atom stereocenters. The number of aromatic nitrogens is 3. The number of anilines is 2. The van der Waals surface area contributed by atoms with Crippen LogP contribution in [0.2, 0.25) is 0 Å². The molecule has 1 fully saturated rings. The smallest absolute Gasteiger partial charge is 0.335 e. The van der Waals surface area contributed by atoms with Gasteiger partial charge in [0.2, 0.25) is 5.95 Å². The van der Waals surface area contributed by atoms with E-state index >= 15 is 0 Å². The number of pyridine rings is 1. The molecule has 1 aliphatic carbocycles. The number of nitrogens with one attached hydrogen (secondary N) is 2. The fraction of sp³-hybridized carbons (Fsp3) is 0.368. The summed E-state index contributed by atoms with van der Waals surface area (Å²) in [7, 11) is 4.01. The minimum Gasteiger partial charge on any atom is -0.478 e. The molecular formula is C19H22N6O2. The van der Waals surface area contributed by atoms with Crippen LogP contribution in [-0.4, -0.2) is 64.2 Å². The van der Waals surface area contributed by atoms with E-state index in [9.17, 15) is 9.90 Å². The summed E-state index contributed by atoms with van der Waals surface area (Å²) in [4.78, 5) is 27.2. The first-order valence-electron chi connectivity index (χ1n) is 9.00. The van der Waals surface area contributed by atoms with Crippen LogP contribution in [0.1, 0.15) is 23.2 Å². The van der Waals surface area contributed by atoms with E-state index in [-0.39, 0.29) is 5.56 Å². The molecule has 4 rings (SSSR count). The third-order valence-corrected chi connectivity index (χ3v) is 4.54. The Labute approximate surface area is 156 Å². The normalized spacial score (nSPS) is 14.0. The number of aromatic carboxylic acids is 1. The van der Waals surface area contributed by atoms with Gasteiger partial charge in [0.1, 0.15) is 5.52 Å². The summed E-state index contributed by atoms with van der Waals surface area (Å²) in [5.74, 6) is 0.272. The molecular weight excluding hydrogens is 344 g/mol. The maximum absolute atomic E-state index is 11.3. The zero-order chi connectivity index (χ0) is 19.0. The third-order valence-electron chi connectivity index (χ3n) is 4.54. The van der Waals surface area contributed by atoms with Gasteiger partial charge in [0, 0.05) is 36.1 Å². The van der Waals surface area contributed by atoms with Crippen LogP contribution in [0.25, 0.3) is 21.8 Å². The molecule has 27 heavy (non-hydrogen) atoms. The highest BCUT2D eigenvalue weighted by molar-refractivity contribution is 6.09. The number of hydrogen-bond acceptors (Lipinski definition) is 7. The number of fused-ring (bicyclic) bond motifs is 3. The van der Waals surface area contributed by atoms with Crippen LogP contribution < -0.4 is 10.6 Å². The van der Waals surface area contributed by atoms with Crippen LogP contribution in [0.3, 0.4) is 0 Å². The Morgan fingerprint density at radius 3 is 2.78 bits per heavy atom. The van der Waals surface area contributed by atoms with Crippen molar-refractivity contribution in [2.75, 3.05) is 37.8 Å². The summed E-state index contributed by atoms with van der Waals surface area (Å²) in [6.45, 7) is 1.54. The predicted molar refractivity (Wildman–Crippen MR) is 105 cm³/mol. The fourth-order valence-electron chi connectivity index (χ4n) is 2.92. The number of benzene rings is 1. The van der Waals surface area contributed by atoms with E-state index in [0.29, 0.717) is 29.9 Å². The Bertz CT molecular complexity index is 1020. The molecule has 0 radical (unpaired) electrons. The van der Waals surface area contributed by atoms with E-state index in [0.717, 1.165) is 35.7 Å². The van der Waals surface area contributed by atoms with Crippen LogP contribution in [0.15, 0.2) is 24.4 Å². The van der Waals surface area contributed by atoms with Gasteiger partial charge in [0.15, 0.2) is 5.82 Å². The molecule has 0 saturated heterocycles. The summed E-state index contributed by atoms with van der Waals surface area (Å²) in [5.41, 5.74) is 1.56. The number of likely N-dealkylation sites (N-methyl/N-ethyl adjacent to an activating group) is 1. The highest BCUT2D eigenvalue weighted by atomic mass is 16.4. The lowest BCUT2D eigenvalue weighted by molar-refractivity contribution is 0.0697. The van der Waals surface area contributed by atoms with Crippen molar-refractivity contribution in [3.05, 3.63) is 30.0 Å². The third kappa shape index (κ3) is 3.75. The molecule has 0 spiro atoms. The van der Waals surface area contributed by atoms with E-state index in [2.05, 4.69) is 30.5 Å². The van der Waals surface area contributed by atoms with Crippen LogP contribution in [0.5, 0.6) is 0 Å². The Kier molecular flexibility index (Phi) is 4.49. The molecule has 140 valence electrons. The maximum Gasteiger partial charge on any atom is 0.335 e. The molecule has 0 bridgehead atoms. The summed E-state index contributed by atoms with van der Waals surface area (Å²) in [6, 6.07) is 5.40. The summed E-state index contributed by atoms with van der Waals surface area (Å²) >= 11 is 0. The zero-order valence-corrected chi connectivity index (χ0v) is 15.4. The lowest BCUT2D eigenvalue weighted by Crippen LogP contribution is -2.21. The molecule has 3 N–H and O–H groups in total. The topological polar surface area (TPSA) is 103 Å². The van der Waals surface area contributed by atoms with Gasteiger partial charge in [-0.3, -0.25) is 0 Å². The predicted octanol–water partition coefficient (Wildman–Crippen LogP) is 2.42. The van der Waals surface area contributed by atoms with Gasteiger partial charge in [-0.05, 0) is 39.1 Å². The minimum atomic E-state index is -0.971. The average Bonchev–Trinajstić information content (AvgIpc) is 3.45. The summed E-state index contributed by atoms with van der Waals surface area (Å²) < 4.78 is 0. The lowest BCUT2D eigenvalue weighted by atomic mass is 10.1. The first-order chi connectivity index (χ1) is 13.0. The van der Waals surface area contributed by atoms with Gasteiger partial charge in [-0.1, -0.05) is 6.07 Å². The molecule has 3 aromatic rings. The number of hydrogen-bond donors (Lipinski definition) is 3. The van der Waals surface area contributed by atoms with Crippen molar-refractivity contribution < 1.29 is 9.90 Å². The minimum absolute atomic E-state index is 0.210. The van der Waals surface area contributed by atoms with Crippen molar-refractivity contribution in [3.8, 4) is 0 Å². The number of rotatable bonds is 7. The Morgan fingerprint density at radius 2 is 2.07 bits per heavy atom. The molecule has 2 heterocycles. The van der Waals surface area contributed by atoms with Gasteiger partial charge in [0.25, 0.3) is 0 Å². The van der Waals surface area contributed by atoms with Crippen LogP contribution in [0.4, 0.5) is 11.8 Å². The maximum atomic E-state index is 11.3. The van der Waals surface area contributed by atoms with E-state index in [1.54, 1.807) is 24.4 Å². The Balaban J connectivity index is 1.82. The highest BCUT2D eigenvalue weighted by Crippen LogP contribution is 2.30. The average molecular weight is 366 g/mol. The SMILES string of the molecule is CN(C)CCNc1nc2cc(C(=O)O)ccc2c2cnc(NC3CC3)nc12. The number of nitrogens with zero attached hydrogens (tertiary/aromatic N) is 4. The number of carboxylic acids is 1. The van der Waals surface area contributed by atoms with Gasteiger partial charge in [0.05, 0.1) is 11.1 Å². The molecule has 0 amide bonds. The number of carboxylic acid groups (broad SMARTS) is 1. The summed E-state index contributed by atoms with van der Waals surface area (Å²) in [6.07, 6.45) is 4.07. The van der Waals surface area contributed by atoms with Crippen LogP contribution >= 0.6 is 0 Å². The first kappa shape index (κ1) is 17.4. The zero-order valence-electron chi connectivity index (χ0n) is 15.4.